The standard InChI is InChI=1S/C32H38ClN5O6.C8H11N/c1-18(2)44-27-8-5-19(9-28(27)43-4)32(42)38-15-21-14-37(17-25(24(21)16-38)31(41)36-13-29(39)34-3)30(40)10-20-12-35-26-11-22(33)6-7-23(20)26;1-2-5-8-6-3-4-7-9-8/h5-9,11-12,18,21,24-25,35H,10,13-17H2,1-4H3,(H,34,39)(H,36,41);3-4,6-7H,2,5H2,1H3. The van der Waals surface area contributed by atoms with Gasteiger partial charge in [-0.15, -0.1) is 0 Å². The number of pyridine rings is 1. The minimum atomic E-state index is -0.585. The number of ether oxygens (including phenoxy) is 2. The molecule has 6 rings (SSSR count). The van der Waals surface area contributed by atoms with Crippen LogP contribution in [-0.4, -0.2) is 96.4 Å². The molecule has 3 N–H and O–H groups in total. The lowest BCUT2D eigenvalue weighted by Crippen LogP contribution is -2.54. The van der Waals surface area contributed by atoms with Crippen LogP contribution in [0.4, 0.5) is 0 Å². The molecule has 2 fully saturated rings. The molecule has 2 saturated heterocycles. The number of likely N-dealkylation sites (tertiary alicyclic amines) is 2. The van der Waals surface area contributed by atoms with E-state index in [2.05, 4.69) is 33.6 Å². The van der Waals surface area contributed by atoms with Crippen molar-refractivity contribution < 1.29 is 28.7 Å². The molecule has 13 heteroatoms. The van der Waals surface area contributed by atoms with Gasteiger partial charge in [0.15, 0.2) is 11.5 Å². The van der Waals surface area contributed by atoms with Gasteiger partial charge in [-0.05, 0) is 80.1 Å². The molecule has 0 bridgehead atoms. The maximum absolute atomic E-state index is 13.7. The Morgan fingerprint density at radius 2 is 1.79 bits per heavy atom. The Hall–Kier alpha value is -5.10. The first-order valence-electron chi connectivity index (χ1n) is 18.1. The summed E-state index contributed by atoms with van der Waals surface area (Å²) in [5.41, 5.74) is 3.33. The molecule has 0 saturated carbocycles. The molecule has 4 heterocycles. The highest BCUT2D eigenvalue weighted by molar-refractivity contribution is 6.31. The van der Waals surface area contributed by atoms with Gasteiger partial charge in [0, 0.05) is 72.8 Å². The van der Waals surface area contributed by atoms with Gasteiger partial charge in [0.25, 0.3) is 5.91 Å². The molecular weight excluding hydrogens is 696 g/mol. The maximum Gasteiger partial charge on any atom is 0.254 e. The van der Waals surface area contributed by atoms with Crippen LogP contribution < -0.4 is 20.1 Å². The summed E-state index contributed by atoms with van der Waals surface area (Å²) < 4.78 is 11.3. The Morgan fingerprint density at radius 3 is 2.49 bits per heavy atom. The number of halogens is 1. The van der Waals surface area contributed by atoms with Crippen molar-refractivity contribution in [3.63, 3.8) is 0 Å². The first kappa shape index (κ1) is 39.1. The van der Waals surface area contributed by atoms with Crippen LogP contribution in [0, 0.1) is 17.8 Å². The molecule has 0 spiro atoms. The minimum absolute atomic E-state index is 0.0567. The first-order chi connectivity index (χ1) is 25.5. The predicted octanol–water partition coefficient (Wildman–Crippen LogP) is 4.90. The largest absolute Gasteiger partial charge is 0.493 e. The van der Waals surface area contributed by atoms with Crippen LogP contribution in [0.5, 0.6) is 11.5 Å². The number of nitrogens with one attached hydrogen (secondary N) is 3. The molecule has 0 radical (unpaired) electrons. The molecule has 3 unspecified atom stereocenters. The van der Waals surface area contributed by atoms with E-state index in [-0.39, 0.29) is 61.1 Å². The number of hydrogen-bond donors (Lipinski definition) is 3. The van der Waals surface area contributed by atoms with Crippen LogP contribution >= 0.6 is 11.6 Å². The molecule has 2 aliphatic rings. The van der Waals surface area contributed by atoms with Gasteiger partial charge in [0.1, 0.15) is 0 Å². The third-order valence-electron chi connectivity index (χ3n) is 9.64. The van der Waals surface area contributed by atoms with Gasteiger partial charge in [-0.25, -0.2) is 0 Å². The third-order valence-corrected chi connectivity index (χ3v) is 9.87. The summed E-state index contributed by atoms with van der Waals surface area (Å²) in [6.45, 7) is 7.20. The number of amides is 4. The number of piperidine rings is 1. The van der Waals surface area contributed by atoms with Crippen molar-refractivity contribution in [2.24, 2.45) is 17.8 Å². The van der Waals surface area contributed by atoms with Crippen molar-refractivity contribution in [3.05, 3.63) is 88.8 Å². The smallest absolute Gasteiger partial charge is 0.254 e. The average molecular weight is 745 g/mol. The number of rotatable bonds is 11. The fourth-order valence-corrected chi connectivity index (χ4v) is 7.20. The number of likely N-dealkylation sites (N-methyl/N-ethyl adjacent to an activating group) is 1. The Bertz CT molecular complexity index is 1900. The molecule has 282 valence electrons. The van der Waals surface area contributed by atoms with Gasteiger partial charge in [-0.2, -0.15) is 0 Å². The summed E-state index contributed by atoms with van der Waals surface area (Å²) in [5.74, 6) is -0.786. The van der Waals surface area contributed by atoms with E-state index in [9.17, 15) is 19.2 Å². The molecule has 53 heavy (non-hydrogen) atoms. The Morgan fingerprint density at radius 1 is 1.00 bits per heavy atom. The quantitative estimate of drug-likeness (QED) is 0.198. The van der Waals surface area contributed by atoms with E-state index in [1.54, 1.807) is 40.3 Å². The van der Waals surface area contributed by atoms with E-state index in [1.165, 1.54) is 26.3 Å². The monoisotopic (exact) mass is 744 g/mol. The molecule has 0 aliphatic carbocycles. The number of methoxy groups -OCH3 is 1. The zero-order valence-electron chi connectivity index (χ0n) is 31.0. The van der Waals surface area contributed by atoms with Gasteiger partial charge < -0.3 is 34.9 Å². The zero-order valence-corrected chi connectivity index (χ0v) is 31.7. The molecule has 4 aromatic rings. The number of hydrogen-bond acceptors (Lipinski definition) is 7. The van der Waals surface area contributed by atoms with E-state index in [4.69, 9.17) is 21.1 Å². The predicted molar refractivity (Wildman–Crippen MR) is 204 cm³/mol. The summed E-state index contributed by atoms with van der Waals surface area (Å²) >= 11 is 6.12. The average Bonchev–Trinajstić information content (AvgIpc) is 3.77. The zero-order chi connectivity index (χ0) is 38.1. The lowest BCUT2D eigenvalue weighted by Gasteiger charge is -2.39. The van der Waals surface area contributed by atoms with Crippen LogP contribution in [0.2, 0.25) is 5.02 Å². The van der Waals surface area contributed by atoms with E-state index in [0.717, 1.165) is 22.9 Å². The van der Waals surface area contributed by atoms with Crippen LogP contribution in [0.15, 0.2) is 67.0 Å². The summed E-state index contributed by atoms with van der Waals surface area (Å²) in [4.78, 5) is 63.4. The molecule has 2 aromatic carbocycles. The second kappa shape index (κ2) is 18.1. The van der Waals surface area contributed by atoms with Crippen LogP contribution in [0.1, 0.15) is 48.8 Å². The number of H-pyrrole nitrogens is 1. The number of aromatic nitrogens is 2. The van der Waals surface area contributed by atoms with Crippen molar-refractivity contribution >= 4 is 46.1 Å². The maximum atomic E-state index is 13.7. The van der Waals surface area contributed by atoms with Gasteiger partial charge in [-0.3, -0.25) is 24.2 Å². The lowest BCUT2D eigenvalue weighted by molar-refractivity contribution is -0.139. The van der Waals surface area contributed by atoms with Crippen molar-refractivity contribution in [1.29, 1.82) is 0 Å². The fourth-order valence-electron chi connectivity index (χ4n) is 7.03. The number of fused-ring (bicyclic) bond motifs is 2. The number of aromatic amines is 1. The first-order valence-corrected chi connectivity index (χ1v) is 18.4. The van der Waals surface area contributed by atoms with Crippen molar-refractivity contribution in [1.82, 2.24) is 30.4 Å². The van der Waals surface area contributed by atoms with Gasteiger partial charge in [-0.1, -0.05) is 37.1 Å². The highest BCUT2D eigenvalue weighted by Gasteiger charge is 2.48. The lowest BCUT2D eigenvalue weighted by atomic mass is 9.79. The summed E-state index contributed by atoms with van der Waals surface area (Å²) in [6.07, 6.45) is 6.02. The van der Waals surface area contributed by atoms with Crippen molar-refractivity contribution in [2.45, 2.75) is 46.1 Å². The van der Waals surface area contributed by atoms with Crippen molar-refractivity contribution in [3.8, 4) is 11.5 Å². The Balaban J connectivity index is 0.000000526. The highest BCUT2D eigenvalue weighted by atomic mass is 35.5. The number of benzene rings is 2. The van der Waals surface area contributed by atoms with Crippen LogP contribution in [0.3, 0.4) is 0 Å². The number of nitrogens with zero attached hydrogens (tertiary/aromatic N) is 3. The summed E-state index contributed by atoms with van der Waals surface area (Å²) in [5, 5.41) is 6.74. The topological polar surface area (TPSA) is 146 Å². The molecular formula is C40H49ClN6O6. The van der Waals surface area contributed by atoms with E-state index in [0.29, 0.717) is 41.7 Å². The van der Waals surface area contributed by atoms with Crippen LogP contribution in [-0.2, 0) is 27.2 Å². The van der Waals surface area contributed by atoms with E-state index < -0.39 is 5.92 Å². The number of aryl methyl sites for hydroxylation is 1. The molecule has 3 atom stereocenters. The SMILES string of the molecule is CCCc1ccccn1.CNC(=O)CNC(=O)C1CN(C(=O)Cc2c[nH]c3cc(Cl)ccc23)CC2CN(C(=O)c3ccc(OC(C)C)c(OC)c3)CC21. The molecule has 2 aromatic heterocycles. The van der Waals surface area contributed by atoms with Crippen molar-refractivity contribution in [2.75, 3.05) is 46.9 Å². The normalized spacial score (nSPS) is 17.8. The number of carbonyl (C=O) groups is 4. The molecule has 12 nitrogen and oxygen atoms in total. The molecule has 4 amide bonds. The second-order valence-electron chi connectivity index (χ2n) is 13.7. The Kier molecular flexibility index (Phi) is 13.4. The third kappa shape index (κ3) is 9.87. The fraction of sp³-hybridized carbons (Fsp3) is 0.425. The highest BCUT2D eigenvalue weighted by Crippen LogP contribution is 2.37. The van der Waals surface area contributed by atoms with Gasteiger partial charge >= 0.3 is 0 Å². The molecule has 2 aliphatic heterocycles. The second-order valence-corrected chi connectivity index (χ2v) is 14.2. The number of carbonyl (C=O) groups excluding carboxylic acids is 4. The summed E-state index contributed by atoms with van der Waals surface area (Å²) in [6, 6.07) is 16.6. The van der Waals surface area contributed by atoms with Gasteiger partial charge in [0.05, 0.1) is 32.1 Å². The van der Waals surface area contributed by atoms with Gasteiger partial charge in [0.2, 0.25) is 17.7 Å². The minimum Gasteiger partial charge on any atom is -0.493 e. The van der Waals surface area contributed by atoms with E-state index >= 15 is 0 Å². The summed E-state index contributed by atoms with van der Waals surface area (Å²) in [7, 11) is 3.03. The Labute approximate surface area is 315 Å². The van der Waals surface area contributed by atoms with E-state index in [1.807, 2.05) is 44.3 Å². The van der Waals surface area contributed by atoms with Crippen LogP contribution in [0.25, 0.3) is 10.9 Å².